The lowest BCUT2D eigenvalue weighted by Gasteiger charge is -2.41. The van der Waals surface area contributed by atoms with Gasteiger partial charge in [-0.25, -0.2) is 9.59 Å². The van der Waals surface area contributed by atoms with Crippen LogP contribution in [0.2, 0.25) is 0 Å². The molecule has 6 heteroatoms. The number of fused-ring (bicyclic) bond motifs is 2. The summed E-state index contributed by atoms with van der Waals surface area (Å²) in [6.07, 6.45) is 4.20. The Labute approximate surface area is 105 Å². The van der Waals surface area contributed by atoms with Crippen molar-refractivity contribution in [3.05, 3.63) is 0 Å². The molecule has 1 aliphatic carbocycles. The van der Waals surface area contributed by atoms with Crippen LogP contribution >= 0.6 is 0 Å². The Hall–Kier alpha value is -1.30. The molecule has 2 N–H and O–H groups in total. The number of rotatable bonds is 2. The minimum absolute atomic E-state index is 0.136. The first kappa shape index (κ1) is 11.8. The maximum Gasteiger partial charge on any atom is 0.329 e. The molecular weight excluding hydrogens is 236 g/mol. The van der Waals surface area contributed by atoms with Gasteiger partial charge in [-0.1, -0.05) is 0 Å². The molecule has 2 saturated heterocycles. The van der Waals surface area contributed by atoms with E-state index in [9.17, 15) is 14.7 Å². The molecular formula is C12H18N2O4. The monoisotopic (exact) mass is 254 g/mol. The van der Waals surface area contributed by atoms with Crippen molar-refractivity contribution in [2.24, 2.45) is 0 Å². The van der Waals surface area contributed by atoms with Gasteiger partial charge in [-0.15, -0.1) is 0 Å². The quantitative estimate of drug-likeness (QED) is 0.755. The third-order valence-corrected chi connectivity index (χ3v) is 4.29. The number of carbonyl (C=O) groups excluding carboxylic acids is 1. The maximum absolute atomic E-state index is 12.1. The fraction of sp³-hybridized carbons (Fsp3) is 0.833. The number of carboxylic acids is 1. The highest BCUT2D eigenvalue weighted by atomic mass is 16.5. The average molecular weight is 254 g/mol. The average Bonchev–Trinajstić information content (AvgIpc) is 2.62. The number of likely N-dealkylation sites (tertiary alicyclic amines) is 1. The van der Waals surface area contributed by atoms with Gasteiger partial charge in [0.15, 0.2) is 0 Å². The van der Waals surface area contributed by atoms with Gasteiger partial charge in [0.2, 0.25) is 0 Å². The van der Waals surface area contributed by atoms with E-state index in [0.29, 0.717) is 25.9 Å². The molecule has 3 rings (SSSR count). The standard InChI is InChI=1S/C12H18N2O4/c15-10(16)12(4-1-5-12)13-11(17)14-6-8-2-3-9(7-14)18-8/h8-9H,1-7H2,(H,13,17)(H,15,16). The Kier molecular flexibility index (Phi) is 2.69. The number of nitrogens with one attached hydrogen (secondary N) is 1. The highest BCUT2D eigenvalue weighted by molar-refractivity contribution is 5.87. The lowest BCUT2D eigenvalue weighted by Crippen LogP contribution is -2.63. The molecule has 0 aromatic rings. The number of morpholine rings is 1. The predicted molar refractivity (Wildman–Crippen MR) is 62.2 cm³/mol. The Balaban J connectivity index is 1.63. The van der Waals surface area contributed by atoms with Crippen molar-refractivity contribution in [1.29, 1.82) is 0 Å². The van der Waals surface area contributed by atoms with Gasteiger partial charge in [-0.05, 0) is 32.1 Å². The molecule has 2 aliphatic heterocycles. The molecule has 6 nitrogen and oxygen atoms in total. The molecule has 2 bridgehead atoms. The summed E-state index contributed by atoms with van der Waals surface area (Å²) < 4.78 is 5.66. The summed E-state index contributed by atoms with van der Waals surface area (Å²) in [5, 5.41) is 11.9. The van der Waals surface area contributed by atoms with Crippen molar-refractivity contribution in [2.45, 2.75) is 49.9 Å². The highest BCUT2D eigenvalue weighted by Gasteiger charge is 2.47. The molecule has 3 aliphatic rings. The number of ether oxygens (including phenoxy) is 1. The lowest BCUT2D eigenvalue weighted by atomic mass is 9.77. The number of hydrogen-bond acceptors (Lipinski definition) is 3. The highest BCUT2D eigenvalue weighted by Crippen LogP contribution is 2.33. The van der Waals surface area contributed by atoms with E-state index in [1.807, 2.05) is 0 Å². The molecule has 2 heterocycles. The fourth-order valence-electron chi connectivity index (χ4n) is 2.99. The molecule has 3 fully saturated rings. The topological polar surface area (TPSA) is 78.9 Å². The van der Waals surface area contributed by atoms with Gasteiger partial charge in [0, 0.05) is 13.1 Å². The van der Waals surface area contributed by atoms with E-state index in [1.165, 1.54) is 0 Å². The van der Waals surface area contributed by atoms with Crippen LogP contribution < -0.4 is 5.32 Å². The van der Waals surface area contributed by atoms with Crippen LogP contribution in [0.1, 0.15) is 32.1 Å². The van der Waals surface area contributed by atoms with Crippen LogP contribution in [0, 0.1) is 0 Å². The zero-order chi connectivity index (χ0) is 12.8. The van der Waals surface area contributed by atoms with Crippen molar-refractivity contribution in [3.63, 3.8) is 0 Å². The Bertz CT molecular complexity index is 368. The number of hydrogen-bond donors (Lipinski definition) is 2. The van der Waals surface area contributed by atoms with Gasteiger partial charge in [-0.3, -0.25) is 0 Å². The number of aliphatic carboxylic acids is 1. The van der Waals surface area contributed by atoms with Crippen LogP contribution in [-0.2, 0) is 9.53 Å². The summed E-state index contributed by atoms with van der Waals surface area (Å²) in [5.41, 5.74) is -1.02. The zero-order valence-electron chi connectivity index (χ0n) is 10.2. The Morgan fingerprint density at radius 2 is 1.83 bits per heavy atom. The molecule has 0 aromatic heterocycles. The van der Waals surface area contributed by atoms with E-state index in [-0.39, 0.29) is 18.2 Å². The number of nitrogens with zero attached hydrogens (tertiary/aromatic N) is 1. The van der Waals surface area contributed by atoms with E-state index in [2.05, 4.69) is 5.32 Å². The van der Waals surface area contributed by atoms with Crippen LogP contribution in [-0.4, -0.2) is 52.8 Å². The molecule has 1 saturated carbocycles. The molecule has 2 atom stereocenters. The van der Waals surface area contributed by atoms with Gasteiger partial charge >= 0.3 is 12.0 Å². The van der Waals surface area contributed by atoms with Crippen LogP contribution in [0.15, 0.2) is 0 Å². The molecule has 2 unspecified atom stereocenters. The van der Waals surface area contributed by atoms with Crippen LogP contribution in [0.3, 0.4) is 0 Å². The SMILES string of the molecule is O=C(NC1(C(=O)O)CCC1)N1CC2CCC(C1)O2. The molecule has 0 radical (unpaired) electrons. The fourth-order valence-corrected chi connectivity index (χ4v) is 2.99. The van der Waals surface area contributed by atoms with Gasteiger partial charge in [0.1, 0.15) is 5.54 Å². The van der Waals surface area contributed by atoms with E-state index in [4.69, 9.17) is 4.74 Å². The van der Waals surface area contributed by atoms with Crippen LogP contribution in [0.4, 0.5) is 4.79 Å². The van der Waals surface area contributed by atoms with Gasteiger partial charge in [0.25, 0.3) is 0 Å². The van der Waals surface area contributed by atoms with E-state index in [1.54, 1.807) is 4.90 Å². The second-order valence-corrected chi connectivity index (χ2v) is 5.53. The summed E-state index contributed by atoms with van der Waals surface area (Å²) in [6.45, 7) is 1.16. The summed E-state index contributed by atoms with van der Waals surface area (Å²) in [6, 6.07) is -0.252. The van der Waals surface area contributed by atoms with E-state index < -0.39 is 11.5 Å². The largest absolute Gasteiger partial charge is 0.480 e. The van der Waals surface area contributed by atoms with Gasteiger partial charge in [-0.2, -0.15) is 0 Å². The summed E-state index contributed by atoms with van der Waals surface area (Å²) in [5.74, 6) is -0.918. The normalized spacial score (nSPS) is 32.8. The zero-order valence-corrected chi connectivity index (χ0v) is 10.2. The van der Waals surface area contributed by atoms with Crippen molar-refractivity contribution in [1.82, 2.24) is 10.2 Å². The third kappa shape index (κ3) is 1.84. The first-order valence-electron chi connectivity index (χ1n) is 6.55. The second kappa shape index (κ2) is 4.12. The molecule has 0 spiro atoms. The van der Waals surface area contributed by atoms with Crippen LogP contribution in [0.25, 0.3) is 0 Å². The second-order valence-electron chi connectivity index (χ2n) is 5.53. The summed E-state index contributed by atoms with van der Waals surface area (Å²) in [7, 11) is 0. The van der Waals surface area contributed by atoms with Gasteiger partial charge in [0.05, 0.1) is 12.2 Å². The maximum atomic E-state index is 12.1. The minimum Gasteiger partial charge on any atom is -0.480 e. The predicted octanol–water partition coefficient (Wildman–Crippen LogP) is 0.566. The van der Waals surface area contributed by atoms with Crippen molar-refractivity contribution in [2.75, 3.05) is 13.1 Å². The first-order valence-corrected chi connectivity index (χ1v) is 6.55. The number of carboxylic acid groups (broad SMARTS) is 1. The summed E-state index contributed by atoms with van der Waals surface area (Å²) in [4.78, 5) is 25.0. The molecule has 100 valence electrons. The lowest BCUT2D eigenvalue weighted by molar-refractivity contribution is -0.148. The summed E-state index contributed by atoms with van der Waals surface area (Å²) >= 11 is 0. The Morgan fingerprint density at radius 3 is 2.28 bits per heavy atom. The van der Waals surface area contributed by atoms with Crippen molar-refractivity contribution >= 4 is 12.0 Å². The Morgan fingerprint density at radius 1 is 1.22 bits per heavy atom. The van der Waals surface area contributed by atoms with Crippen LogP contribution in [0.5, 0.6) is 0 Å². The van der Waals surface area contributed by atoms with E-state index >= 15 is 0 Å². The van der Waals surface area contributed by atoms with Crippen molar-refractivity contribution in [3.8, 4) is 0 Å². The third-order valence-electron chi connectivity index (χ3n) is 4.29. The molecule has 0 aromatic carbocycles. The molecule has 18 heavy (non-hydrogen) atoms. The smallest absolute Gasteiger partial charge is 0.329 e. The minimum atomic E-state index is -1.02. The number of urea groups is 1. The molecule has 2 amide bonds. The first-order chi connectivity index (χ1) is 8.59. The number of amides is 2. The van der Waals surface area contributed by atoms with Crippen molar-refractivity contribution < 1.29 is 19.4 Å². The van der Waals surface area contributed by atoms with Gasteiger partial charge < -0.3 is 20.1 Å². The van der Waals surface area contributed by atoms with E-state index in [0.717, 1.165) is 19.3 Å². The number of carbonyl (C=O) groups is 2.